The number of benzene rings is 2. The number of nitrogens with one attached hydrogen (secondary N) is 2. The zero-order valence-electron chi connectivity index (χ0n) is 13.5. The number of hydrogen-bond donors (Lipinski definition) is 2. The minimum atomic E-state index is -0.504. The molecular weight excluding hydrogens is 388 g/mol. The van der Waals surface area contributed by atoms with E-state index in [1.54, 1.807) is 48.5 Å². The number of hydrazine groups is 1. The van der Waals surface area contributed by atoms with Crippen molar-refractivity contribution in [2.45, 2.75) is 0 Å². The number of carbonyl (C=O) groups excluding carboxylic acids is 2. The molecule has 130 valence electrons. The van der Waals surface area contributed by atoms with Crippen molar-refractivity contribution in [3.63, 3.8) is 0 Å². The highest BCUT2D eigenvalue weighted by atomic mass is 79.9. The van der Waals surface area contributed by atoms with Crippen LogP contribution in [0.15, 0.2) is 59.6 Å². The van der Waals surface area contributed by atoms with Crippen LogP contribution in [0.4, 0.5) is 0 Å². The highest BCUT2D eigenvalue weighted by Gasteiger charge is 2.16. The third kappa shape index (κ3) is 4.84. The second-order valence-corrected chi connectivity index (χ2v) is 5.76. The quantitative estimate of drug-likeness (QED) is 0.572. The minimum absolute atomic E-state index is 0.270. The molecule has 0 fully saturated rings. The predicted molar refractivity (Wildman–Crippen MR) is 97.8 cm³/mol. The standard InChI is InChI=1S/C18H17BrN2O4/c1-3-10-25-16-7-5-4-6-13(16)17(22)20-21-18(23)14-11-12(19)8-9-15(14)24-2/h3-9,11H,1,10H2,2H3,(H,20,22)(H,21,23). The van der Waals surface area contributed by atoms with Crippen LogP contribution in [0.3, 0.4) is 0 Å². The number of ether oxygens (including phenoxy) is 2. The zero-order chi connectivity index (χ0) is 18.2. The molecule has 0 unspecified atom stereocenters. The Labute approximate surface area is 153 Å². The van der Waals surface area contributed by atoms with Crippen molar-refractivity contribution in [1.82, 2.24) is 10.9 Å². The van der Waals surface area contributed by atoms with Gasteiger partial charge < -0.3 is 9.47 Å². The second-order valence-electron chi connectivity index (χ2n) is 4.85. The molecule has 0 saturated carbocycles. The third-order valence-electron chi connectivity index (χ3n) is 3.18. The summed E-state index contributed by atoms with van der Waals surface area (Å²) in [6.07, 6.45) is 1.58. The summed E-state index contributed by atoms with van der Waals surface area (Å²) in [6, 6.07) is 11.7. The van der Waals surface area contributed by atoms with Crippen molar-refractivity contribution in [3.8, 4) is 11.5 Å². The van der Waals surface area contributed by atoms with Gasteiger partial charge in [0, 0.05) is 4.47 Å². The number of carbonyl (C=O) groups is 2. The summed E-state index contributed by atoms with van der Waals surface area (Å²) in [5.41, 5.74) is 5.32. The van der Waals surface area contributed by atoms with Gasteiger partial charge in [0.25, 0.3) is 11.8 Å². The van der Waals surface area contributed by atoms with Gasteiger partial charge in [-0.15, -0.1) is 0 Å². The Balaban J connectivity index is 2.09. The minimum Gasteiger partial charge on any atom is -0.496 e. The lowest BCUT2D eigenvalue weighted by Crippen LogP contribution is -2.41. The third-order valence-corrected chi connectivity index (χ3v) is 3.68. The lowest BCUT2D eigenvalue weighted by atomic mass is 10.2. The monoisotopic (exact) mass is 404 g/mol. The van der Waals surface area contributed by atoms with Crippen molar-refractivity contribution in [2.24, 2.45) is 0 Å². The number of methoxy groups -OCH3 is 1. The van der Waals surface area contributed by atoms with Crippen molar-refractivity contribution in [1.29, 1.82) is 0 Å². The number of hydrogen-bond acceptors (Lipinski definition) is 4. The molecule has 0 aliphatic rings. The summed E-state index contributed by atoms with van der Waals surface area (Å²) >= 11 is 3.30. The fraction of sp³-hybridized carbons (Fsp3) is 0.111. The lowest BCUT2D eigenvalue weighted by molar-refractivity contribution is 0.0843. The molecule has 2 aromatic rings. The Morgan fingerprint density at radius 1 is 1.08 bits per heavy atom. The maximum Gasteiger partial charge on any atom is 0.273 e. The molecule has 25 heavy (non-hydrogen) atoms. The number of amides is 2. The van der Waals surface area contributed by atoms with Crippen LogP contribution >= 0.6 is 15.9 Å². The molecule has 0 saturated heterocycles. The molecule has 0 heterocycles. The molecule has 0 radical (unpaired) electrons. The Morgan fingerprint density at radius 3 is 2.44 bits per heavy atom. The van der Waals surface area contributed by atoms with Crippen LogP contribution in [-0.2, 0) is 0 Å². The molecule has 0 bridgehead atoms. The van der Waals surface area contributed by atoms with Crippen LogP contribution in [0.2, 0.25) is 0 Å². The molecule has 2 aromatic carbocycles. The predicted octanol–water partition coefficient (Wildman–Crippen LogP) is 3.10. The van der Waals surface area contributed by atoms with Gasteiger partial charge in [-0.3, -0.25) is 20.4 Å². The van der Waals surface area contributed by atoms with E-state index in [9.17, 15) is 9.59 Å². The molecule has 0 spiro atoms. The number of para-hydroxylation sites is 1. The van der Waals surface area contributed by atoms with Crippen LogP contribution in [0.25, 0.3) is 0 Å². The lowest BCUT2D eigenvalue weighted by Gasteiger charge is -2.12. The maximum absolute atomic E-state index is 12.3. The number of rotatable bonds is 6. The van der Waals surface area contributed by atoms with Gasteiger partial charge in [-0.1, -0.05) is 40.7 Å². The van der Waals surface area contributed by atoms with Crippen molar-refractivity contribution in [2.75, 3.05) is 13.7 Å². The molecule has 0 aliphatic heterocycles. The maximum atomic E-state index is 12.3. The van der Waals surface area contributed by atoms with Crippen LogP contribution in [-0.4, -0.2) is 25.5 Å². The van der Waals surface area contributed by atoms with Gasteiger partial charge in [-0.2, -0.15) is 0 Å². The van der Waals surface area contributed by atoms with Gasteiger partial charge in [0.1, 0.15) is 18.1 Å². The van der Waals surface area contributed by atoms with E-state index in [0.29, 0.717) is 21.5 Å². The van der Waals surface area contributed by atoms with Gasteiger partial charge in [-0.05, 0) is 30.3 Å². The van der Waals surface area contributed by atoms with Crippen LogP contribution in [0.5, 0.6) is 11.5 Å². The molecule has 2 amide bonds. The largest absolute Gasteiger partial charge is 0.496 e. The first-order valence-corrected chi connectivity index (χ1v) is 8.13. The van der Waals surface area contributed by atoms with E-state index in [4.69, 9.17) is 9.47 Å². The smallest absolute Gasteiger partial charge is 0.273 e. The summed E-state index contributed by atoms with van der Waals surface area (Å²) < 4.78 is 11.3. The highest BCUT2D eigenvalue weighted by Crippen LogP contribution is 2.22. The van der Waals surface area contributed by atoms with E-state index >= 15 is 0 Å². The summed E-state index contributed by atoms with van der Waals surface area (Å²) in [7, 11) is 1.46. The van der Waals surface area contributed by atoms with E-state index in [2.05, 4.69) is 33.4 Å². The summed E-state index contributed by atoms with van der Waals surface area (Å²) in [4.78, 5) is 24.6. The molecule has 7 heteroatoms. The summed E-state index contributed by atoms with van der Waals surface area (Å²) in [5, 5.41) is 0. The molecular formula is C18H17BrN2O4. The molecule has 2 N–H and O–H groups in total. The Morgan fingerprint density at radius 2 is 1.76 bits per heavy atom. The van der Waals surface area contributed by atoms with Gasteiger partial charge in [0.05, 0.1) is 18.2 Å². The van der Waals surface area contributed by atoms with E-state index in [0.717, 1.165) is 0 Å². The molecule has 0 aromatic heterocycles. The molecule has 0 atom stereocenters. The van der Waals surface area contributed by atoms with Crippen molar-refractivity contribution < 1.29 is 19.1 Å². The Bertz CT molecular complexity index is 792. The fourth-order valence-corrected chi connectivity index (χ4v) is 2.40. The normalized spacial score (nSPS) is 9.84. The summed E-state index contributed by atoms with van der Waals surface area (Å²) in [5.74, 6) is -0.211. The molecule has 0 aliphatic carbocycles. The van der Waals surface area contributed by atoms with Crippen molar-refractivity contribution in [3.05, 3.63) is 70.7 Å². The molecule has 6 nitrogen and oxygen atoms in total. The van der Waals surface area contributed by atoms with Crippen LogP contribution < -0.4 is 20.3 Å². The topological polar surface area (TPSA) is 76.7 Å². The van der Waals surface area contributed by atoms with Crippen molar-refractivity contribution >= 4 is 27.7 Å². The molecule has 2 rings (SSSR count). The van der Waals surface area contributed by atoms with E-state index in [-0.39, 0.29) is 12.2 Å². The van der Waals surface area contributed by atoms with Gasteiger partial charge >= 0.3 is 0 Å². The summed E-state index contributed by atoms with van der Waals surface area (Å²) in [6.45, 7) is 3.84. The first kappa shape index (κ1) is 18.5. The SMILES string of the molecule is C=CCOc1ccccc1C(=O)NNC(=O)c1cc(Br)ccc1OC. The Hall–Kier alpha value is -2.80. The fourth-order valence-electron chi connectivity index (χ4n) is 2.03. The van der Waals surface area contributed by atoms with Gasteiger partial charge in [0.2, 0.25) is 0 Å². The van der Waals surface area contributed by atoms with Crippen LogP contribution in [0, 0.1) is 0 Å². The highest BCUT2D eigenvalue weighted by molar-refractivity contribution is 9.10. The first-order chi connectivity index (χ1) is 12.1. The first-order valence-electron chi connectivity index (χ1n) is 7.33. The van der Waals surface area contributed by atoms with E-state index < -0.39 is 11.8 Å². The average Bonchev–Trinajstić information content (AvgIpc) is 2.64. The zero-order valence-corrected chi connectivity index (χ0v) is 15.1. The number of halogens is 1. The van der Waals surface area contributed by atoms with E-state index in [1.165, 1.54) is 7.11 Å². The van der Waals surface area contributed by atoms with Crippen LogP contribution in [0.1, 0.15) is 20.7 Å². The Kier molecular flexibility index (Phi) is 6.59. The average molecular weight is 405 g/mol. The van der Waals surface area contributed by atoms with Gasteiger partial charge in [-0.25, -0.2) is 0 Å². The van der Waals surface area contributed by atoms with Gasteiger partial charge in [0.15, 0.2) is 0 Å². The second kappa shape index (κ2) is 8.89. The van der Waals surface area contributed by atoms with E-state index in [1.807, 2.05) is 0 Å².